The smallest absolute Gasteiger partial charge is 0.191 e. The van der Waals surface area contributed by atoms with Gasteiger partial charge in [0.05, 0.1) is 19.0 Å². The van der Waals surface area contributed by atoms with E-state index in [2.05, 4.69) is 27.6 Å². The van der Waals surface area contributed by atoms with Gasteiger partial charge in [-0.3, -0.25) is 4.68 Å². The lowest BCUT2D eigenvalue weighted by atomic mass is 10.0. The van der Waals surface area contributed by atoms with Gasteiger partial charge in [-0.15, -0.1) is 24.0 Å². The monoisotopic (exact) mass is 475 g/mol. The van der Waals surface area contributed by atoms with Gasteiger partial charge < -0.3 is 20.2 Å². The molecule has 0 saturated carbocycles. The summed E-state index contributed by atoms with van der Waals surface area (Å²) in [4.78, 5) is 4.55. The number of furan rings is 1. The number of aromatic nitrogens is 2. The Labute approximate surface area is 172 Å². The Balaban J connectivity index is 0.00000338. The molecular formula is C18H30IN5O2. The second kappa shape index (κ2) is 11.2. The van der Waals surface area contributed by atoms with E-state index in [1.807, 2.05) is 25.4 Å². The molecule has 0 amide bonds. The first-order valence-corrected chi connectivity index (χ1v) is 8.77. The molecule has 26 heavy (non-hydrogen) atoms. The number of nitrogens with one attached hydrogen (secondary N) is 2. The number of hydrogen-bond donors (Lipinski definition) is 3. The molecule has 1 unspecified atom stereocenters. The molecule has 2 heterocycles. The molecule has 0 aromatic carbocycles. The molecular weight excluding hydrogens is 445 g/mol. The van der Waals surface area contributed by atoms with Crippen molar-refractivity contribution in [1.82, 2.24) is 20.4 Å². The van der Waals surface area contributed by atoms with Crippen LogP contribution in [0.1, 0.15) is 38.0 Å². The van der Waals surface area contributed by atoms with Gasteiger partial charge >= 0.3 is 0 Å². The van der Waals surface area contributed by atoms with Crippen molar-refractivity contribution in [1.29, 1.82) is 0 Å². The van der Waals surface area contributed by atoms with Crippen LogP contribution in [0.4, 0.5) is 0 Å². The summed E-state index contributed by atoms with van der Waals surface area (Å²) in [6.45, 7) is 5.70. The quantitative estimate of drug-likeness (QED) is 0.225. The SMILES string of the molecule is CCCCNC(=NCC(C)(O)c1cnn(C)c1)NCCc1ccco1.I. The molecule has 146 valence electrons. The van der Waals surface area contributed by atoms with Gasteiger partial charge in [-0.1, -0.05) is 13.3 Å². The molecule has 8 heteroatoms. The summed E-state index contributed by atoms with van der Waals surface area (Å²) in [5.41, 5.74) is -0.309. The number of nitrogens with zero attached hydrogens (tertiary/aromatic N) is 3. The summed E-state index contributed by atoms with van der Waals surface area (Å²) in [5.74, 6) is 1.63. The normalized spacial score (nSPS) is 13.8. The van der Waals surface area contributed by atoms with Gasteiger partial charge in [0.1, 0.15) is 11.4 Å². The topological polar surface area (TPSA) is 87.6 Å². The highest BCUT2D eigenvalue weighted by atomic mass is 127. The van der Waals surface area contributed by atoms with E-state index in [1.165, 1.54) is 0 Å². The molecule has 2 aromatic rings. The fourth-order valence-electron chi connectivity index (χ4n) is 2.34. The van der Waals surface area contributed by atoms with E-state index in [0.717, 1.165) is 37.1 Å². The molecule has 2 aromatic heterocycles. The number of hydrogen-bond acceptors (Lipinski definition) is 4. The second-order valence-corrected chi connectivity index (χ2v) is 6.38. The van der Waals surface area contributed by atoms with E-state index in [4.69, 9.17) is 4.42 Å². The first-order valence-electron chi connectivity index (χ1n) is 8.77. The first-order chi connectivity index (χ1) is 12.0. The van der Waals surface area contributed by atoms with Crippen molar-refractivity contribution in [3.8, 4) is 0 Å². The van der Waals surface area contributed by atoms with Gasteiger partial charge in [-0.05, 0) is 25.5 Å². The standard InChI is InChI=1S/C18H29N5O2.HI/c1-4-5-9-19-17(20-10-8-16-7-6-11-25-16)21-14-18(2,24)15-12-22-23(3)13-15;/h6-7,11-13,24H,4-5,8-10,14H2,1-3H3,(H2,19,20,21);1H. The van der Waals surface area contributed by atoms with Gasteiger partial charge in [0.25, 0.3) is 0 Å². The minimum atomic E-state index is -1.06. The Hall–Kier alpha value is -1.55. The second-order valence-electron chi connectivity index (χ2n) is 6.38. The lowest BCUT2D eigenvalue weighted by molar-refractivity contribution is 0.0672. The minimum absolute atomic E-state index is 0. The fourth-order valence-corrected chi connectivity index (χ4v) is 2.34. The van der Waals surface area contributed by atoms with Gasteiger partial charge in [0.2, 0.25) is 0 Å². The molecule has 1 atom stereocenters. The van der Waals surface area contributed by atoms with Crippen LogP contribution in [-0.4, -0.2) is 40.5 Å². The summed E-state index contributed by atoms with van der Waals surface area (Å²) in [6.07, 6.45) is 8.11. The number of aliphatic imine (C=N–C) groups is 1. The Morgan fingerprint density at radius 3 is 2.77 bits per heavy atom. The number of halogens is 1. The van der Waals surface area contributed by atoms with Crippen LogP contribution in [-0.2, 0) is 19.1 Å². The first kappa shape index (κ1) is 22.5. The summed E-state index contributed by atoms with van der Waals surface area (Å²) >= 11 is 0. The highest BCUT2D eigenvalue weighted by Crippen LogP contribution is 2.19. The van der Waals surface area contributed by atoms with Crippen LogP contribution in [0.2, 0.25) is 0 Å². The van der Waals surface area contributed by atoms with Crippen LogP contribution in [0.3, 0.4) is 0 Å². The Bertz CT molecular complexity index is 652. The number of guanidine groups is 1. The molecule has 0 aliphatic carbocycles. The van der Waals surface area contributed by atoms with E-state index < -0.39 is 5.60 Å². The zero-order chi connectivity index (χ0) is 18.1. The van der Waals surface area contributed by atoms with E-state index in [9.17, 15) is 5.11 Å². The highest BCUT2D eigenvalue weighted by Gasteiger charge is 2.24. The maximum absolute atomic E-state index is 10.7. The lowest BCUT2D eigenvalue weighted by Gasteiger charge is -2.20. The average Bonchev–Trinajstić information content (AvgIpc) is 3.24. The average molecular weight is 475 g/mol. The summed E-state index contributed by atoms with van der Waals surface area (Å²) in [5, 5.41) is 21.4. The molecule has 7 nitrogen and oxygen atoms in total. The third-order valence-electron chi connectivity index (χ3n) is 3.94. The third kappa shape index (κ3) is 7.36. The zero-order valence-electron chi connectivity index (χ0n) is 15.7. The Kier molecular flexibility index (Phi) is 9.71. The van der Waals surface area contributed by atoms with Gasteiger partial charge in [-0.25, -0.2) is 4.99 Å². The van der Waals surface area contributed by atoms with Crippen LogP contribution in [0.5, 0.6) is 0 Å². The van der Waals surface area contributed by atoms with Crippen molar-refractivity contribution in [2.45, 2.75) is 38.7 Å². The summed E-state index contributed by atoms with van der Waals surface area (Å²) in [7, 11) is 1.83. The maximum atomic E-state index is 10.7. The van der Waals surface area contributed by atoms with Gasteiger partial charge in [-0.2, -0.15) is 5.10 Å². The van der Waals surface area contributed by atoms with E-state index >= 15 is 0 Å². The fraction of sp³-hybridized carbons (Fsp3) is 0.556. The Morgan fingerprint density at radius 2 is 2.15 bits per heavy atom. The predicted molar refractivity (Wildman–Crippen MR) is 114 cm³/mol. The van der Waals surface area contributed by atoms with E-state index in [0.29, 0.717) is 12.5 Å². The molecule has 0 aliphatic heterocycles. The molecule has 2 rings (SSSR count). The van der Waals surface area contributed by atoms with Crippen molar-refractivity contribution >= 4 is 29.9 Å². The van der Waals surface area contributed by atoms with E-state index in [1.54, 1.807) is 24.1 Å². The van der Waals surface area contributed by atoms with Crippen LogP contribution in [0.25, 0.3) is 0 Å². The molecule has 0 saturated heterocycles. The van der Waals surface area contributed by atoms with Gasteiger partial charge in [0.15, 0.2) is 5.96 Å². The molecule has 0 aliphatic rings. The molecule has 0 fully saturated rings. The van der Waals surface area contributed by atoms with Crippen molar-refractivity contribution in [2.24, 2.45) is 12.0 Å². The molecule has 0 bridgehead atoms. The van der Waals surface area contributed by atoms with Crippen molar-refractivity contribution in [3.63, 3.8) is 0 Å². The number of aryl methyl sites for hydroxylation is 1. The Morgan fingerprint density at radius 1 is 1.38 bits per heavy atom. The highest BCUT2D eigenvalue weighted by molar-refractivity contribution is 14.0. The number of aliphatic hydroxyl groups is 1. The number of unbranched alkanes of at least 4 members (excludes halogenated alkanes) is 1. The molecule has 0 radical (unpaired) electrons. The summed E-state index contributed by atoms with van der Waals surface area (Å²) < 4.78 is 7.01. The summed E-state index contributed by atoms with van der Waals surface area (Å²) in [6, 6.07) is 3.84. The lowest BCUT2D eigenvalue weighted by Crippen LogP contribution is -2.40. The van der Waals surface area contributed by atoms with Crippen molar-refractivity contribution in [3.05, 3.63) is 42.1 Å². The van der Waals surface area contributed by atoms with Gasteiger partial charge in [0, 0.05) is 38.3 Å². The van der Waals surface area contributed by atoms with Crippen LogP contribution < -0.4 is 10.6 Å². The van der Waals surface area contributed by atoms with Crippen LogP contribution in [0.15, 0.2) is 40.2 Å². The van der Waals surface area contributed by atoms with Crippen molar-refractivity contribution < 1.29 is 9.52 Å². The molecule has 0 spiro atoms. The van der Waals surface area contributed by atoms with Crippen LogP contribution >= 0.6 is 24.0 Å². The minimum Gasteiger partial charge on any atom is -0.469 e. The number of rotatable bonds is 9. The third-order valence-corrected chi connectivity index (χ3v) is 3.94. The van der Waals surface area contributed by atoms with Crippen LogP contribution in [0, 0.1) is 0 Å². The predicted octanol–water partition coefficient (Wildman–Crippen LogP) is 2.42. The largest absolute Gasteiger partial charge is 0.469 e. The zero-order valence-corrected chi connectivity index (χ0v) is 18.1. The van der Waals surface area contributed by atoms with Crippen molar-refractivity contribution in [2.75, 3.05) is 19.6 Å². The van der Waals surface area contributed by atoms with E-state index in [-0.39, 0.29) is 30.5 Å². The maximum Gasteiger partial charge on any atom is 0.191 e. The molecule has 3 N–H and O–H groups in total.